The Kier molecular flexibility index (Phi) is 2.78. The lowest BCUT2D eigenvalue weighted by molar-refractivity contribution is 1.17. The molecule has 1 aromatic carbocycles. The van der Waals surface area contributed by atoms with Gasteiger partial charge in [-0.2, -0.15) is 0 Å². The van der Waals surface area contributed by atoms with E-state index in [1.54, 1.807) is 0 Å². The average molecular weight is 221 g/mol. The Bertz CT molecular complexity index is 494. The molecule has 0 atom stereocenters. The third kappa shape index (κ3) is 1.90. The van der Waals surface area contributed by atoms with Gasteiger partial charge in [0, 0.05) is 11.9 Å². The summed E-state index contributed by atoms with van der Waals surface area (Å²) in [5, 5.41) is 5.00. The van der Waals surface area contributed by atoms with Crippen LogP contribution in [0.4, 0.5) is 5.82 Å². The summed E-state index contributed by atoms with van der Waals surface area (Å²) in [5.74, 6) is 0.873. The molecular weight excluding hydrogens is 208 g/mol. The number of hydrogen-bond acceptors (Lipinski definition) is 2. The Morgan fingerprint density at radius 3 is 2.80 bits per heavy atom. The number of benzene rings is 1. The maximum absolute atomic E-state index is 6.11. The van der Waals surface area contributed by atoms with Crippen LogP contribution >= 0.6 is 11.6 Å². The van der Waals surface area contributed by atoms with Crippen molar-refractivity contribution in [2.45, 2.75) is 13.8 Å². The molecule has 1 heterocycles. The van der Waals surface area contributed by atoms with Gasteiger partial charge in [0.2, 0.25) is 0 Å². The van der Waals surface area contributed by atoms with Gasteiger partial charge in [-0.05, 0) is 37.6 Å². The third-order valence-corrected chi connectivity index (χ3v) is 2.69. The van der Waals surface area contributed by atoms with Crippen LogP contribution < -0.4 is 5.32 Å². The number of nitrogens with one attached hydrogen (secondary N) is 1. The van der Waals surface area contributed by atoms with Crippen molar-refractivity contribution < 1.29 is 0 Å². The summed E-state index contributed by atoms with van der Waals surface area (Å²) in [6.45, 7) is 4.97. The first-order valence-electron chi connectivity index (χ1n) is 5.02. The van der Waals surface area contributed by atoms with Gasteiger partial charge in [0.05, 0.1) is 10.5 Å². The fourth-order valence-electron chi connectivity index (χ4n) is 1.61. The first kappa shape index (κ1) is 10.2. The van der Waals surface area contributed by atoms with Crippen LogP contribution in [0.1, 0.15) is 12.5 Å². The van der Waals surface area contributed by atoms with Crippen LogP contribution in [0.2, 0.25) is 5.02 Å². The van der Waals surface area contributed by atoms with E-state index in [1.165, 1.54) is 5.56 Å². The first-order chi connectivity index (χ1) is 7.22. The summed E-state index contributed by atoms with van der Waals surface area (Å²) in [7, 11) is 0. The second kappa shape index (κ2) is 4.07. The quantitative estimate of drug-likeness (QED) is 0.836. The van der Waals surface area contributed by atoms with Crippen molar-refractivity contribution >= 4 is 28.3 Å². The molecule has 0 saturated heterocycles. The highest BCUT2D eigenvalue weighted by atomic mass is 35.5. The predicted octanol–water partition coefficient (Wildman–Crippen LogP) is 3.63. The Balaban J connectivity index is 2.65. The van der Waals surface area contributed by atoms with Crippen molar-refractivity contribution in [2.24, 2.45) is 0 Å². The van der Waals surface area contributed by atoms with Crippen LogP contribution in [0, 0.1) is 6.92 Å². The lowest BCUT2D eigenvalue weighted by Gasteiger charge is -2.07. The molecule has 0 radical (unpaired) electrons. The summed E-state index contributed by atoms with van der Waals surface area (Å²) >= 11 is 6.11. The van der Waals surface area contributed by atoms with Gasteiger partial charge in [-0.1, -0.05) is 17.7 Å². The molecule has 0 spiro atoms. The largest absolute Gasteiger partial charge is 0.370 e. The molecule has 2 rings (SSSR count). The molecule has 0 saturated carbocycles. The van der Waals surface area contributed by atoms with Gasteiger partial charge in [0.1, 0.15) is 5.82 Å². The van der Waals surface area contributed by atoms with Gasteiger partial charge in [-0.15, -0.1) is 0 Å². The molecule has 0 bridgehead atoms. The number of fused-ring (bicyclic) bond motifs is 1. The van der Waals surface area contributed by atoms with Gasteiger partial charge in [0.25, 0.3) is 0 Å². The SMILES string of the molecule is CCNc1ccc2c(C)ccc(Cl)c2n1. The van der Waals surface area contributed by atoms with Gasteiger partial charge in [0.15, 0.2) is 0 Å². The zero-order chi connectivity index (χ0) is 10.8. The summed E-state index contributed by atoms with van der Waals surface area (Å²) in [5.41, 5.74) is 2.07. The van der Waals surface area contributed by atoms with Crippen molar-refractivity contribution in [3.63, 3.8) is 0 Å². The normalized spacial score (nSPS) is 10.6. The minimum atomic E-state index is 0.704. The van der Waals surface area contributed by atoms with Crippen molar-refractivity contribution in [3.8, 4) is 0 Å². The van der Waals surface area contributed by atoms with E-state index >= 15 is 0 Å². The zero-order valence-corrected chi connectivity index (χ0v) is 9.60. The molecule has 2 nitrogen and oxygen atoms in total. The highest BCUT2D eigenvalue weighted by Gasteiger charge is 2.04. The van der Waals surface area contributed by atoms with Crippen LogP contribution in [-0.2, 0) is 0 Å². The van der Waals surface area contributed by atoms with E-state index in [-0.39, 0.29) is 0 Å². The minimum Gasteiger partial charge on any atom is -0.370 e. The highest BCUT2D eigenvalue weighted by molar-refractivity contribution is 6.35. The number of pyridine rings is 1. The molecule has 3 heteroatoms. The van der Waals surface area contributed by atoms with Crippen LogP contribution in [0.15, 0.2) is 24.3 Å². The number of aryl methyl sites for hydroxylation is 1. The number of hydrogen-bond donors (Lipinski definition) is 1. The van der Waals surface area contributed by atoms with E-state index in [0.29, 0.717) is 5.02 Å². The molecular formula is C12H13ClN2. The maximum atomic E-state index is 6.11. The lowest BCUT2D eigenvalue weighted by Crippen LogP contribution is -1.99. The number of anilines is 1. The Labute approximate surface area is 94.3 Å². The average Bonchev–Trinajstić information content (AvgIpc) is 2.24. The molecule has 1 N–H and O–H groups in total. The zero-order valence-electron chi connectivity index (χ0n) is 8.84. The third-order valence-electron chi connectivity index (χ3n) is 2.38. The molecule has 0 aliphatic carbocycles. The standard InChI is InChI=1S/C12H13ClN2/c1-3-14-11-7-5-9-8(2)4-6-10(13)12(9)15-11/h4-7H,3H2,1-2H3,(H,14,15). The maximum Gasteiger partial charge on any atom is 0.126 e. The number of rotatable bonds is 2. The molecule has 0 amide bonds. The molecule has 0 unspecified atom stereocenters. The first-order valence-corrected chi connectivity index (χ1v) is 5.40. The smallest absolute Gasteiger partial charge is 0.126 e. The van der Waals surface area contributed by atoms with Gasteiger partial charge < -0.3 is 5.32 Å². The molecule has 0 aliphatic heterocycles. The lowest BCUT2D eigenvalue weighted by atomic mass is 10.1. The Morgan fingerprint density at radius 1 is 1.27 bits per heavy atom. The van der Waals surface area contributed by atoms with E-state index in [4.69, 9.17) is 11.6 Å². The van der Waals surface area contributed by atoms with E-state index in [9.17, 15) is 0 Å². The van der Waals surface area contributed by atoms with E-state index < -0.39 is 0 Å². The van der Waals surface area contributed by atoms with Gasteiger partial charge in [-0.3, -0.25) is 0 Å². The molecule has 0 aliphatic rings. The van der Waals surface area contributed by atoms with Crippen LogP contribution in [0.5, 0.6) is 0 Å². The van der Waals surface area contributed by atoms with Crippen molar-refractivity contribution in [1.82, 2.24) is 4.98 Å². The Morgan fingerprint density at radius 2 is 2.07 bits per heavy atom. The minimum absolute atomic E-state index is 0.704. The summed E-state index contributed by atoms with van der Waals surface area (Å²) < 4.78 is 0. The second-order valence-electron chi connectivity index (χ2n) is 3.49. The van der Waals surface area contributed by atoms with Crippen LogP contribution in [-0.4, -0.2) is 11.5 Å². The van der Waals surface area contributed by atoms with Crippen LogP contribution in [0.25, 0.3) is 10.9 Å². The fraction of sp³-hybridized carbons (Fsp3) is 0.250. The van der Waals surface area contributed by atoms with E-state index in [0.717, 1.165) is 23.3 Å². The van der Waals surface area contributed by atoms with E-state index in [1.807, 2.05) is 25.1 Å². The van der Waals surface area contributed by atoms with Gasteiger partial charge in [-0.25, -0.2) is 4.98 Å². The molecule has 78 valence electrons. The van der Waals surface area contributed by atoms with Crippen LogP contribution in [0.3, 0.4) is 0 Å². The number of halogens is 1. The summed E-state index contributed by atoms with van der Waals surface area (Å²) in [6, 6.07) is 7.94. The van der Waals surface area contributed by atoms with Crippen molar-refractivity contribution in [3.05, 3.63) is 34.9 Å². The summed E-state index contributed by atoms with van der Waals surface area (Å²) in [4.78, 5) is 4.48. The van der Waals surface area contributed by atoms with E-state index in [2.05, 4.69) is 23.3 Å². The summed E-state index contributed by atoms with van der Waals surface area (Å²) in [6.07, 6.45) is 0. The highest BCUT2D eigenvalue weighted by Crippen LogP contribution is 2.25. The van der Waals surface area contributed by atoms with Crippen molar-refractivity contribution in [2.75, 3.05) is 11.9 Å². The molecule has 15 heavy (non-hydrogen) atoms. The predicted molar refractivity (Wildman–Crippen MR) is 65.7 cm³/mol. The number of nitrogens with zero attached hydrogens (tertiary/aromatic N) is 1. The second-order valence-corrected chi connectivity index (χ2v) is 3.89. The Hall–Kier alpha value is -1.28. The van der Waals surface area contributed by atoms with Gasteiger partial charge >= 0.3 is 0 Å². The monoisotopic (exact) mass is 220 g/mol. The fourth-order valence-corrected chi connectivity index (χ4v) is 1.81. The van der Waals surface area contributed by atoms with Crippen molar-refractivity contribution in [1.29, 1.82) is 0 Å². The molecule has 1 aromatic heterocycles. The number of aromatic nitrogens is 1. The molecule has 0 fully saturated rings. The topological polar surface area (TPSA) is 24.9 Å². The molecule has 2 aromatic rings.